The SMILES string of the molecule is Cc1nn(C)c(C)c1C#C[Si](C)(C)C. The normalized spacial score (nSPS) is 11.0. The minimum Gasteiger partial charge on any atom is -0.271 e. The predicted molar refractivity (Wildman–Crippen MR) is 62.9 cm³/mol. The van der Waals surface area contributed by atoms with Crippen LogP contribution in [0.15, 0.2) is 0 Å². The minimum absolute atomic E-state index is 1.04. The second kappa shape index (κ2) is 3.62. The first kappa shape index (κ1) is 11.1. The number of aromatic nitrogens is 2. The Balaban J connectivity index is 3.13. The third-order valence-electron chi connectivity index (χ3n) is 2.07. The molecule has 0 aliphatic heterocycles. The van der Waals surface area contributed by atoms with E-state index < -0.39 is 8.07 Å². The van der Waals surface area contributed by atoms with E-state index in [0.717, 1.165) is 17.0 Å². The van der Waals surface area contributed by atoms with E-state index in [1.165, 1.54) is 0 Å². The molecule has 0 fully saturated rings. The molecular weight excluding hydrogens is 188 g/mol. The Hall–Kier alpha value is -1.01. The smallest absolute Gasteiger partial charge is 0.129 e. The van der Waals surface area contributed by atoms with Gasteiger partial charge in [0.25, 0.3) is 0 Å². The molecule has 76 valence electrons. The highest BCUT2D eigenvalue weighted by Crippen LogP contribution is 2.10. The summed E-state index contributed by atoms with van der Waals surface area (Å²) in [7, 11) is 0.686. The van der Waals surface area contributed by atoms with Crippen LogP contribution in [0.4, 0.5) is 0 Å². The summed E-state index contributed by atoms with van der Waals surface area (Å²) in [6.07, 6.45) is 0. The molecule has 0 N–H and O–H groups in total. The average Bonchev–Trinajstić information content (AvgIpc) is 2.23. The fourth-order valence-electron chi connectivity index (χ4n) is 1.20. The van der Waals surface area contributed by atoms with Crippen molar-refractivity contribution in [3.05, 3.63) is 17.0 Å². The fourth-order valence-corrected chi connectivity index (χ4v) is 1.70. The zero-order valence-electron chi connectivity index (χ0n) is 9.89. The van der Waals surface area contributed by atoms with Gasteiger partial charge >= 0.3 is 0 Å². The number of hydrogen-bond acceptors (Lipinski definition) is 1. The zero-order chi connectivity index (χ0) is 10.9. The Bertz CT molecular complexity index is 399. The molecule has 0 saturated heterocycles. The second-order valence-corrected chi connectivity index (χ2v) is 9.42. The minimum atomic E-state index is -1.27. The van der Waals surface area contributed by atoms with Crippen molar-refractivity contribution < 1.29 is 0 Å². The van der Waals surface area contributed by atoms with Gasteiger partial charge < -0.3 is 0 Å². The lowest BCUT2D eigenvalue weighted by atomic mass is 10.2. The number of aryl methyl sites for hydroxylation is 2. The molecule has 0 spiro atoms. The summed E-state index contributed by atoms with van der Waals surface area (Å²) in [5.41, 5.74) is 6.67. The lowest BCUT2D eigenvalue weighted by Crippen LogP contribution is -2.16. The van der Waals surface area contributed by atoms with Crippen LogP contribution < -0.4 is 0 Å². The maximum Gasteiger partial charge on any atom is 0.129 e. The number of rotatable bonds is 0. The second-order valence-electron chi connectivity index (χ2n) is 4.67. The monoisotopic (exact) mass is 206 g/mol. The van der Waals surface area contributed by atoms with Gasteiger partial charge in [-0.1, -0.05) is 25.6 Å². The van der Waals surface area contributed by atoms with Crippen LogP contribution in [0, 0.1) is 25.3 Å². The maximum absolute atomic E-state index is 4.34. The molecule has 3 heteroatoms. The third-order valence-corrected chi connectivity index (χ3v) is 2.95. The van der Waals surface area contributed by atoms with Crippen molar-refractivity contribution in [1.29, 1.82) is 0 Å². The van der Waals surface area contributed by atoms with Crippen molar-refractivity contribution >= 4 is 8.07 Å². The topological polar surface area (TPSA) is 17.8 Å². The summed E-state index contributed by atoms with van der Waals surface area (Å²) in [4.78, 5) is 0. The van der Waals surface area contributed by atoms with E-state index in [-0.39, 0.29) is 0 Å². The van der Waals surface area contributed by atoms with Gasteiger partial charge in [0, 0.05) is 7.05 Å². The molecule has 1 aromatic rings. The van der Waals surface area contributed by atoms with Gasteiger partial charge in [0.15, 0.2) is 0 Å². The average molecular weight is 206 g/mol. The van der Waals surface area contributed by atoms with Crippen molar-refractivity contribution in [3.8, 4) is 11.5 Å². The summed E-state index contributed by atoms with van der Waals surface area (Å²) in [5, 5.41) is 4.34. The highest BCUT2D eigenvalue weighted by Gasteiger charge is 2.10. The molecule has 0 radical (unpaired) electrons. The lowest BCUT2D eigenvalue weighted by molar-refractivity contribution is 0.731. The molecule has 0 saturated carbocycles. The van der Waals surface area contributed by atoms with E-state index in [9.17, 15) is 0 Å². The van der Waals surface area contributed by atoms with Crippen LogP contribution in [-0.2, 0) is 7.05 Å². The van der Waals surface area contributed by atoms with E-state index in [1.54, 1.807) is 0 Å². The van der Waals surface area contributed by atoms with Gasteiger partial charge in [-0.25, -0.2) is 0 Å². The van der Waals surface area contributed by atoms with Crippen LogP contribution in [0.5, 0.6) is 0 Å². The summed E-state index contributed by atoms with van der Waals surface area (Å²) in [6, 6.07) is 0. The lowest BCUT2D eigenvalue weighted by Gasteiger charge is -2.03. The highest BCUT2D eigenvalue weighted by atomic mass is 28.3. The Morgan fingerprint density at radius 2 is 1.79 bits per heavy atom. The number of nitrogens with zero attached hydrogens (tertiary/aromatic N) is 2. The molecule has 14 heavy (non-hydrogen) atoms. The van der Waals surface area contributed by atoms with Crippen LogP contribution >= 0.6 is 0 Å². The van der Waals surface area contributed by atoms with Crippen LogP contribution in [0.2, 0.25) is 19.6 Å². The van der Waals surface area contributed by atoms with Gasteiger partial charge in [-0.05, 0) is 13.8 Å². The van der Waals surface area contributed by atoms with Crippen LogP contribution in [0.1, 0.15) is 17.0 Å². The van der Waals surface area contributed by atoms with E-state index in [0.29, 0.717) is 0 Å². The van der Waals surface area contributed by atoms with Gasteiger partial charge in [-0.15, -0.1) is 5.54 Å². The molecule has 0 amide bonds. The van der Waals surface area contributed by atoms with Crippen molar-refractivity contribution in [2.45, 2.75) is 33.5 Å². The quantitative estimate of drug-likeness (QED) is 0.470. The van der Waals surface area contributed by atoms with Gasteiger partial charge in [-0.3, -0.25) is 4.68 Å². The van der Waals surface area contributed by atoms with Gasteiger partial charge in [0.1, 0.15) is 8.07 Å². The van der Waals surface area contributed by atoms with E-state index in [2.05, 4.69) is 43.1 Å². The van der Waals surface area contributed by atoms with Crippen molar-refractivity contribution in [2.75, 3.05) is 0 Å². The van der Waals surface area contributed by atoms with E-state index in [1.807, 2.05) is 18.7 Å². The molecule has 0 unspecified atom stereocenters. The zero-order valence-corrected chi connectivity index (χ0v) is 10.9. The molecule has 0 bridgehead atoms. The summed E-state index contributed by atoms with van der Waals surface area (Å²) in [6.45, 7) is 10.8. The molecule has 0 aromatic carbocycles. The van der Waals surface area contributed by atoms with Crippen molar-refractivity contribution in [2.24, 2.45) is 7.05 Å². The molecule has 1 aromatic heterocycles. The summed E-state index contributed by atoms with van der Waals surface area (Å²) < 4.78 is 1.89. The largest absolute Gasteiger partial charge is 0.271 e. The van der Waals surface area contributed by atoms with Crippen LogP contribution in [0.3, 0.4) is 0 Å². The first-order chi connectivity index (χ1) is 6.31. The Morgan fingerprint density at radius 1 is 1.21 bits per heavy atom. The Kier molecular flexibility index (Phi) is 2.86. The Labute approximate surface area is 87.3 Å². The summed E-state index contributed by atoms with van der Waals surface area (Å²) in [5.74, 6) is 3.27. The third kappa shape index (κ3) is 2.49. The Morgan fingerprint density at radius 3 is 2.14 bits per heavy atom. The van der Waals surface area contributed by atoms with Gasteiger partial charge in [0.2, 0.25) is 0 Å². The van der Waals surface area contributed by atoms with Gasteiger partial charge in [0.05, 0.1) is 17.0 Å². The van der Waals surface area contributed by atoms with E-state index in [4.69, 9.17) is 0 Å². The van der Waals surface area contributed by atoms with E-state index >= 15 is 0 Å². The maximum atomic E-state index is 4.34. The first-order valence-corrected chi connectivity index (χ1v) is 8.34. The molecule has 1 heterocycles. The molecule has 1 rings (SSSR count). The predicted octanol–water partition coefficient (Wildman–Crippen LogP) is 2.27. The van der Waals surface area contributed by atoms with Crippen LogP contribution in [-0.4, -0.2) is 17.9 Å². The molecular formula is C11H18N2Si. The van der Waals surface area contributed by atoms with Crippen molar-refractivity contribution in [1.82, 2.24) is 9.78 Å². The molecule has 0 atom stereocenters. The molecule has 0 aliphatic rings. The van der Waals surface area contributed by atoms with Crippen LogP contribution in [0.25, 0.3) is 0 Å². The van der Waals surface area contributed by atoms with Crippen molar-refractivity contribution in [3.63, 3.8) is 0 Å². The highest BCUT2D eigenvalue weighted by molar-refractivity contribution is 6.83. The molecule has 2 nitrogen and oxygen atoms in total. The number of hydrogen-bond donors (Lipinski definition) is 0. The van der Waals surface area contributed by atoms with Gasteiger partial charge in [-0.2, -0.15) is 5.10 Å². The fraction of sp³-hybridized carbons (Fsp3) is 0.545. The molecule has 0 aliphatic carbocycles. The standard InChI is InChI=1S/C11H18N2Si/c1-9-11(7-8-14(4,5)6)10(2)13(3)12-9/h1-6H3. The first-order valence-electron chi connectivity index (χ1n) is 4.84. The summed E-state index contributed by atoms with van der Waals surface area (Å²) >= 11 is 0.